The lowest BCUT2D eigenvalue weighted by Gasteiger charge is -2.18. The van der Waals surface area contributed by atoms with Crippen LogP contribution in [0.5, 0.6) is 0 Å². The molecule has 0 saturated carbocycles. The molecule has 1 heterocycles. The minimum Gasteiger partial charge on any atom is -0.455 e. The van der Waals surface area contributed by atoms with Crippen molar-refractivity contribution in [2.24, 2.45) is 0 Å². The van der Waals surface area contributed by atoms with Crippen molar-refractivity contribution in [3.05, 3.63) is 170 Å². The van der Waals surface area contributed by atoms with Gasteiger partial charge in [0.15, 0.2) is 0 Å². The molecule has 9 rings (SSSR count). The second-order valence-corrected chi connectivity index (χ2v) is 11.6. The van der Waals surface area contributed by atoms with E-state index in [2.05, 4.69) is 164 Å². The molecule has 1 heteroatoms. The van der Waals surface area contributed by atoms with Gasteiger partial charge in [0.25, 0.3) is 0 Å². The summed E-state index contributed by atoms with van der Waals surface area (Å²) in [5, 5.41) is 7.21. The number of hydrogen-bond donors (Lipinski definition) is 0. The highest BCUT2D eigenvalue weighted by Gasteiger charge is 2.20. The Morgan fingerprint density at radius 1 is 0.267 bits per heavy atom. The van der Waals surface area contributed by atoms with Crippen molar-refractivity contribution >= 4 is 43.5 Å². The first kappa shape index (κ1) is 25.6. The highest BCUT2D eigenvalue weighted by Crippen LogP contribution is 2.46. The van der Waals surface area contributed by atoms with Crippen molar-refractivity contribution in [3.8, 4) is 44.5 Å². The Morgan fingerprint density at radius 2 is 0.689 bits per heavy atom. The third-order valence-electron chi connectivity index (χ3n) is 9.10. The van der Waals surface area contributed by atoms with Crippen LogP contribution in [0.3, 0.4) is 0 Å². The van der Waals surface area contributed by atoms with Gasteiger partial charge in [-0.05, 0) is 61.0 Å². The van der Waals surface area contributed by atoms with E-state index in [0.717, 1.165) is 27.5 Å². The van der Waals surface area contributed by atoms with Gasteiger partial charge in [-0.25, -0.2) is 0 Å². The molecule has 0 spiro atoms. The van der Waals surface area contributed by atoms with Crippen molar-refractivity contribution < 1.29 is 4.42 Å². The summed E-state index contributed by atoms with van der Waals surface area (Å²) in [5.41, 5.74) is 11.5. The van der Waals surface area contributed by atoms with Gasteiger partial charge in [-0.1, -0.05) is 164 Å². The third-order valence-corrected chi connectivity index (χ3v) is 9.10. The highest BCUT2D eigenvalue weighted by atomic mass is 16.3. The number of hydrogen-bond acceptors (Lipinski definition) is 1. The van der Waals surface area contributed by atoms with Gasteiger partial charge >= 0.3 is 0 Å². The number of fused-ring (bicyclic) bond motifs is 5. The van der Waals surface area contributed by atoms with Crippen LogP contribution >= 0.6 is 0 Å². The van der Waals surface area contributed by atoms with Crippen LogP contribution in [0.2, 0.25) is 0 Å². The zero-order valence-electron chi connectivity index (χ0n) is 24.6. The first-order chi connectivity index (χ1) is 22.3. The van der Waals surface area contributed by atoms with Gasteiger partial charge in [0, 0.05) is 21.9 Å². The fraction of sp³-hybridized carbons (Fsp3) is 0. The second-order valence-electron chi connectivity index (χ2n) is 11.6. The quantitative estimate of drug-likeness (QED) is 0.191. The third kappa shape index (κ3) is 4.17. The van der Waals surface area contributed by atoms with Crippen LogP contribution in [0.4, 0.5) is 0 Å². The molecular formula is C44H28O. The van der Waals surface area contributed by atoms with E-state index in [4.69, 9.17) is 4.42 Å². The maximum absolute atomic E-state index is 6.54. The van der Waals surface area contributed by atoms with Crippen molar-refractivity contribution in [2.75, 3.05) is 0 Å². The summed E-state index contributed by atoms with van der Waals surface area (Å²) in [6.45, 7) is 0. The lowest BCUT2D eigenvalue weighted by molar-refractivity contribution is 0.670. The molecule has 9 aromatic rings. The SMILES string of the molecule is c1ccc(-c2ccc(-c3ccc(-c4c5ccccc5c(-c5cccc6c5oc5ccccc56)c5ccccc45)cc3)cc2)cc1. The van der Waals surface area contributed by atoms with E-state index in [9.17, 15) is 0 Å². The van der Waals surface area contributed by atoms with Crippen molar-refractivity contribution in [1.82, 2.24) is 0 Å². The molecule has 0 aliphatic rings. The van der Waals surface area contributed by atoms with Crippen LogP contribution in [0.25, 0.3) is 88.0 Å². The summed E-state index contributed by atoms with van der Waals surface area (Å²) in [6.07, 6.45) is 0. The molecule has 1 aromatic heterocycles. The van der Waals surface area contributed by atoms with Gasteiger partial charge in [0.2, 0.25) is 0 Å². The predicted octanol–water partition coefficient (Wildman–Crippen LogP) is 12.6. The zero-order valence-corrected chi connectivity index (χ0v) is 24.6. The van der Waals surface area contributed by atoms with E-state index in [0.29, 0.717) is 0 Å². The summed E-state index contributed by atoms with van der Waals surface area (Å²) in [7, 11) is 0. The zero-order chi connectivity index (χ0) is 29.7. The van der Waals surface area contributed by atoms with Crippen LogP contribution in [-0.2, 0) is 0 Å². The smallest absolute Gasteiger partial charge is 0.143 e. The maximum atomic E-state index is 6.54. The van der Waals surface area contributed by atoms with Gasteiger partial charge in [-0.3, -0.25) is 0 Å². The Labute approximate surface area is 261 Å². The first-order valence-corrected chi connectivity index (χ1v) is 15.4. The van der Waals surface area contributed by atoms with Gasteiger partial charge < -0.3 is 4.42 Å². The van der Waals surface area contributed by atoms with Gasteiger partial charge in [-0.15, -0.1) is 0 Å². The molecule has 0 aliphatic heterocycles. The van der Waals surface area contributed by atoms with E-state index in [-0.39, 0.29) is 0 Å². The fourth-order valence-corrected chi connectivity index (χ4v) is 6.99. The van der Waals surface area contributed by atoms with Crippen molar-refractivity contribution in [2.45, 2.75) is 0 Å². The summed E-state index contributed by atoms with van der Waals surface area (Å²) in [4.78, 5) is 0. The lowest BCUT2D eigenvalue weighted by atomic mass is 9.85. The van der Waals surface area contributed by atoms with E-state index in [1.807, 2.05) is 6.07 Å². The van der Waals surface area contributed by atoms with E-state index >= 15 is 0 Å². The first-order valence-electron chi connectivity index (χ1n) is 15.4. The molecule has 0 saturated heterocycles. The molecule has 0 N–H and O–H groups in total. The summed E-state index contributed by atoms with van der Waals surface area (Å²) < 4.78 is 6.54. The Bertz CT molecular complexity index is 2440. The van der Waals surface area contributed by atoms with Crippen LogP contribution in [0, 0.1) is 0 Å². The fourth-order valence-electron chi connectivity index (χ4n) is 6.99. The van der Waals surface area contributed by atoms with Crippen molar-refractivity contribution in [1.29, 1.82) is 0 Å². The largest absolute Gasteiger partial charge is 0.455 e. The minimum absolute atomic E-state index is 0.917. The molecule has 45 heavy (non-hydrogen) atoms. The molecule has 210 valence electrons. The van der Waals surface area contributed by atoms with Crippen LogP contribution in [-0.4, -0.2) is 0 Å². The predicted molar refractivity (Wildman–Crippen MR) is 190 cm³/mol. The van der Waals surface area contributed by atoms with Gasteiger partial charge in [0.1, 0.15) is 11.2 Å². The molecule has 0 amide bonds. The number of benzene rings is 8. The average molecular weight is 573 g/mol. The summed E-state index contributed by atoms with van der Waals surface area (Å²) in [5.74, 6) is 0. The van der Waals surface area contributed by atoms with E-state index in [1.165, 1.54) is 60.5 Å². The van der Waals surface area contributed by atoms with Crippen LogP contribution in [0.1, 0.15) is 0 Å². The molecule has 0 atom stereocenters. The van der Waals surface area contributed by atoms with Gasteiger partial charge in [0.05, 0.1) is 0 Å². The maximum Gasteiger partial charge on any atom is 0.143 e. The molecule has 0 bridgehead atoms. The minimum atomic E-state index is 0.917. The molecule has 1 nitrogen and oxygen atoms in total. The number of para-hydroxylation sites is 2. The topological polar surface area (TPSA) is 13.1 Å². The normalized spacial score (nSPS) is 11.6. The molecular weight excluding hydrogens is 544 g/mol. The summed E-state index contributed by atoms with van der Waals surface area (Å²) in [6, 6.07) is 60.9. The summed E-state index contributed by atoms with van der Waals surface area (Å²) >= 11 is 0. The Kier molecular flexibility index (Phi) is 5.89. The standard InChI is InChI=1S/C44H28O/c1-2-11-29(12-3-1)30-21-23-31(24-22-30)32-25-27-33(28-26-32)42-35-14-4-6-16-37(35)43(38-17-7-5-15-36(38)42)40-19-10-18-39-34-13-8-9-20-41(34)45-44(39)40/h1-28H. The molecule has 0 aliphatic carbocycles. The lowest BCUT2D eigenvalue weighted by Crippen LogP contribution is -1.91. The average Bonchev–Trinajstić information content (AvgIpc) is 3.50. The number of rotatable bonds is 4. The van der Waals surface area contributed by atoms with E-state index < -0.39 is 0 Å². The van der Waals surface area contributed by atoms with Gasteiger partial charge in [-0.2, -0.15) is 0 Å². The number of furan rings is 1. The molecule has 8 aromatic carbocycles. The highest BCUT2D eigenvalue weighted by molar-refractivity contribution is 6.24. The Hall–Kier alpha value is -5.92. The Balaban J connectivity index is 1.21. The molecule has 0 unspecified atom stereocenters. The van der Waals surface area contributed by atoms with Crippen LogP contribution < -0.4 is 0 Å². The Morgan fingerprint density at radius 3 is 1.27 bits per heavy atom. The molecule has 0 radical (unpaired) electrons. The van der Waals surface area contributed by atoms with E-state index in [1.54, 1.807) is 0 Å². The second kappa shape index (κ2) is 10.4. The monoisotopic (exact) mass is 572 g/mol. The van der Waals surface area contributed by atoms with Crippen LogP contribution in [0.15, 0.2) is 174 Å². The molecule has 0 fully saturated rings. The van der Waals surface area contributed by atoms with Crippen molar-refractivity contribution in [3.63, 3.8) is 0 Å².